The summed E-state index contributed by atoms with van der Waals surface area (Å²) in [6.45, 7) is 12.1. The molecule has 1 amide bonds. The zero-order chi connectivity index (χ0) is 61.3. The van der Waals surface area contributed by atoms with Gasteiger partial charge in [0.2, 0.25) is 17.5 Å². The molecule has 458 valence electrons. The van der Waals surface area contributed by atoms with Gasteiger partial charge in [0.25, 0.3) is 10.1 Å². The average molecular weight is 1240 g/mol. The summed E-state index contributed by atoms with van der Waals surface area (Å²) in [7, 11) is -13.6. The van der Waals surface area contributed by atoms with Crippen LogP contribution >= 0.6 is 7.82 Å². The summed E-state index contributed by atoms with van der Waals surface area (Å²) in [5, 5.41) is 17.5. The Hall–Kier alpha value is -6.90. The molecule has 6 atom stereocenters. The van der Waals surface area contributed by atoms with E-state index in [-0.39, 0.29) is 65.3 Å². The van der Waals surface area contributed by atoms with Crippen LogP contribution in [-0.2, 0) is 48.8 Å². The number of benzene rings is 3. The second kappa shape index (κ2) is 25.1. The van der Waals surface area contributed by atoms with Crippen LogP contribution in [0.25, 0.3) is 28.1 Å². The summed E-state index contributed by atoms with van der Waals surface area (Å²) in [5.74, 6) is 1.01. The third-order valence-electron chi connectivity index (χ3n) is 16.3. The molecule has 0 spiro atoms. The van der Waals surface area contributed by atoms with Crippen molar-refractivity contribution in [2.24, 2.45) is 0 Å². The molecule has 10 rings (SSSR count). The molecular weight excluding hydrogens is 1170 g/mol. The number of carbonyl (C=O) groups is 1. The van der Waals surface area contributed by atoms with Gasteiger partial charge >= 0.3 is 7.82 Å². The molecule has 0 aliphatic carbocycles. The average Bonchev–Trinajstić information content (AvgIpc) is 1.66. The van der Waals surface area contributed by atoms with Gasteiger partial charge in [-0.2, -0.15) is 13.0 Å². The van der Waals surface area contributed by atoms with E-state index in [1.807, 2.05) is 78.3 Å². The SMILES string of the molecule is CCN1c2cc3c(cc2C(C)=CC1(C)C)C(=CC=CC=CC1=[N+](CCCS(=O)(=O)[O-])c2ccc(S(=O)(=O)O)cc2C1(C)CCCC(=O)NCCCCCCNc1nc2c(N)ncnc2n1[C@@H]1O[C@@H]2COP(=O)(O)O[C@H]2[C@H]1O)C=C(c1ccccc1)O3. The number of nitrogens with one attached hydrogen (secondary N) is 2. The highest BCUT2D eigenvalue weighted by molar-refractivity contribution is 7.86. The quantitative estimate of drug-likeness (QED) is 0.0118. The van der Waals surface area contributed by atoms with Crippen LogP contribution in [0.5, 0.6) is 5.75 Å². The van der Waals surface area contributed by atoms with Crippen molar-refractivity contribution in [3.05, 3.63) is 132 Å². The standard InChI is InChI=1S/C60H72N9O14PS2/c1-6-68-46-34-48-43(33-42(46)38(2)35-59(68,3)4)40(31-47(81-48)39-19-11-9-12-20-39)21-13-10-14-22-50-60(5,44-32-41(86(77,78)79)24-25-45(44)67(50)29-18-30-85(74,75)76)26-17-23-51(70)62-27-15-7-8-16-28-63-58-66-52-55(61)64-37-65-56(52)69(58)57-53(71)54-49(82-57)36-80-84(72,73)83-54/h9-14,19-22,24-25,31-35,37,49,53-54,57,71H,6-8,15-18,23,26-30,36H2,1-5H3,(H6-,61,62,63,64,65,66,70,72,73,74,75,76,77,78,79)/t49-,53-,54-,57-,60?/m1/s1. The topological polar surface area (TPSA) is 323 Å². The number of aliphatic hydroxyl groups is 1. The Morgan fingerprint density at radius 2 is 1.74 bits per heavy atom. The lowest BCUT2D eigenvalue weighted by atomic mass is 9.75. The van der Waals surface area contributed by atoms with Crippen LogP contribution in [0, 0.1) is 0 Å². The fourth-order valence-electron chi connectivity index (χ4n) is 12.3. The van der Waals surface area contributed by atoms with Crippen LogP contribution in [0.1, 0.15) is 114 Å². The molecule has 7 heterocycles. The number of imidazole rings is 1. The molecule has 2 fully saturated rings. The maximum absolute atomic E-state index is 13.4. The second-order valence-electron chi connectivity index (χ2n) is 22.7. The third-order valence-corrected chi connectivity index (χ3v) is 18.9. The van der Waals surface area contributed by atoms with E-state index in [0.717, 1.165) is 53.1 Å². The van der Waals surface area contributed by atoms with Crippen LogP contribution in [0.4, 0.5) is 23.1 Å². The molecule has 86 heavy (non-hydrogen) atoms. The molecule has 0 saturated carbocycles. The van der Waals surface area contributed by atoms with Gasteiger partial charge < -0.3 is 45.3 Å². The zero-order valence-electron chi connectivity index (χ0n) is 48.5. The van der Waals surface area contributed by atoms with Gasteiger partial charge in [0.15, 0.2) is 28.9 Å². The van der Waals surface area contributed by atoms with E-state index in [1.54, 1.807) is 6.07 Å². The number of phosphoric acid groups is 1. The second-order valence-corrected chi connectivity index (χ2v) is 27.1. The Balaban J connectivity index is 0.809. The Kier molecular flexibility index (Phi) is 18.1. The number of rotatable bonds is 23. The number of nitrogen functional groups attached to an aromatic ring is 1. The minimum Gasteiger partial charge on any atom is -0.748 e. The summed E-state index contributed by atoms with van der Waals surface area (Å²) < 4.78 is 109. The predicted octanol–water partition coefficient (Wildman–Crippen LogP) is 8.33. The summed E-state index contributed by atoms with van der Waals surface area (Å²) >= 11 is 0. The number of hydrogen-bond acceptors (Lipinski definition) is 18. The maximum atomic E-state index is 13.4. The number of allylic oxidation sites excluding steroid dienone is 8. The first-order chi connectivity index (χ1) is 40.9. The molecule has 5 aliphatic heterocycles. The predicted molar refractivity (Wildman–Crippen MR) is 325 cm³/mol. The molecule has 0 radical (unpaired) electrons. The van der Waals surface area contributed by atoms with Gasteiger partial charge in [-0.25, -0.2) is 27.9 Å². The van der Waals surface area contributed by atoms with E-state index in [1.165, 1.54) is 28.6 Å². The number of nitrogens with zero attached hydrogens (tertiary/aromatic N) is 6. The number of carbonyl (C=O) groups excluding carboxylic acids is 1. The number of nitrogens with two attached hydrogens (primary N) is 1. The van der Waals surface area contributed by atoms with E-state index in [2.05, 4.69) is 76.4 Å². The number of fused-ring (bicyclic) bond motifs is 5. The van der Waals surface area contributed by atoms with Gasteiger partial charge in [0.05, 0.1) is 32.6 Å². The molecule has 7 N–H and O–H groups in total. The number of aromatic nitrogens is 4. The van der Waals surface area contributed by atoms with E-state index in [0.29, 0.717) is 61.5 Å². The lowest BCUT2D eigenvalue weighted by Gasteiger charge is -2.43. The molecule has 5 aromatic rings. The summed E-state index contributed by atoms with van der Waals surface area (Å²) in [5.41, 5.74) is 13.4. The van der Waals surface area contributed by atoms with Crippen LogP contribution in [0.3, 0.4) is 0 Å². The van der Waals surface area contributed by atoms with Gasteiger partial charge in [0, 0.05) is 84.4 Å². The molecule has 2 unspecified atom stereocenters. The number of phosphoric ester groups is 1. The van der Waals surface area contributed by atoms with E-state index in [9.17, 15) is 45.3 Å². The Labute approximate surface area is 500 Å². The molecule has 2 saturated heterocycles. The zero-order valence-corrected chi connectivity index (χ0v) is 51.0. The van der Waals surface area contributed by atoms with Crippen molar-refractivity contribution in [1.82, 2.24) is 24.8 Å². The minimum absolute atomic E-state index is 0.0236. The van der Waals surface area contributed by atoms with Gasteiger partial charge in [-0.15, -0.1) is 0 Å². The van der Waals surface area contributed by atoms with Crippen molar-refractivity contribution in [2.75, 3.05) is 54.5 Å². The first-order valence-corrected chi connectivity index (χ1v) is 33.2. The van der Waals surface area contributed by atoms with Crippen molar-refractivity contribution in [1.29, 1.82) is 0 Å². The van der Waals surface area contributed by atoms with E-state index >= 15 is 0 Å². The highest BCUT2D eigenvalue weighted by atomic mass is 32.2. The first-order valence-electron chi connectivity index (χ1n) is 28.7. The lowest BCUT2D eigenvalue weighted by molar-refractivity contribution is -0.437. The number of aliphatic hydroxyl groups excluding tert-OH is 1. The maximum Gasteiger partial charge on any atom is 0.472 e. The third kappa shape index (κ3) is 13.3. The summed E-state index contributed by atoms with van der Waals surface area (Å²) in [6, 6.07) is 18.5. The Morgan fingerprint density at radius 3 is 2.49 bits per heavy atom. The van der Waals surface area contributed by atoms with Crippen molar-refractivity contribution in [2.45, 2.75) is 126 Å². The van der Waals surface area contributed by atoms with Crippen LogP contribution in [0.2, 0.25) is 0 Å². The Morgan fingerprint density at radius 1 is 0.977 bits per heavy atom. The van der Waals surface area contributed by atoms with Crippen molar-refractivity contribution in [3.63, 3.8) is 0 Å². The molecule has 0 bridgehead atoms. The fraction of sp³-hybridized carbons (Fsp3) is 0.417. The molecule has 26 heteroatoms. The van der Waals surface area contributed by atoms with Gasteiger partial charge in [-0.05, 0) is 95.7 Å². The fourth-order valence-corrected chi connectivity index (χ4v) is 14.2. The molecule has 2 aromatic heterocycles. The van der Waals surface area contributed by atoms with E-state index < -0.39 is 63.8 Å². The highest BCUT2D eigenvalue weighted by Crippen LogP contribution is 2.53. The summed E-state index contributed by atoms with van der Waals surface area (Å²) in [4.78, 5) is 38.3. The number of unbranched alkanes of at least 4 members (excludes halogenated alkanes) is 3. The van der Waals surface area contributed by atoms with Gasteiger partial charge in [-0.3, -0.25) is 23.0 Å². The monoisotopic (exact) mass is 1240 g/mol. The van der Waals surface area contributed by atoms with Crippen molar-refractivity contribution >= 4 is 90.9 Å². The van der Waals surface area contributed by atoms with E-state index in [4.69, 9.17) is 24.3 Å². The number of anilines is 3. The number of ether oxygens (including phenoxy) is 2. The summed E-state index contributed by atoms with van der Waals surface area (Å²) in [6.07, 6.45) is 14.4. The van der Waals surface area contributed by atoms with Gasteiger partial charge in [-0.1, -0.05) is 73.6 Å². The van der Waals surface area contributed by atoms with Crippen LogP contribution in [-0.4, -0.2) is 134 Å². The van der Waals surface area contributed by atoms with Gasteiger partial charge in [0.1, 0.15) is 42.7 Å². The molecular formula is C60H72N9O14PS2. The molecule has 23 nitrogen and oxygen atoms in total. The van der Waals surface area contributed by atoms with Crippen LogP contribution < -0.4 is 26.0 Å². The number of hydrogen-bond donors (Lipinski definition) is 6. The largest absolute Gasteiger partial charge is 0.748 e. The smallest absolute Gasteiger partial charge is 0.472 e. The van der Waals surface area contributed by atoms with Crippen LogP contribution in [0.15, 0.2) is 114 Å². The minimum atomic E-state index is -4.65. The normalized spacial score (nSPS) is 24.0. The number of likely N-dealkylation sites (N-methyl/N-ethyl adjacent to an activating group) is 1. The van der Waals surface area contributed by atoms with Crippen molar-refractivity contribution in [3.8, 4) is 5.75 Å². The first kappa shape index (κ1) is 62.2. The Bertz CT molecular complexity index is 3920. The number of amides is 1. The highest BCUT2D eigenvalue weighted by Gasteiger charge is 2.53. The van der Waals surface area contributed by atoms with Crippen molar-refractivity contribution < 1.29 is 68.4 Å². The lowest BCUT2D eigenvalue weighted by Crippen LogP contribution is -2.44. The molecule has 5 aliphatic rings. The molecule has 3 aromatic carbocycles.